The lowest BCUT2D eigenvalue weighted by Gasteiger charge is -2.30. The van der Waals surface area contributed by atoms with Crippen LogP contribution in [0.4, 0.5) is 0 Å². The van der Waals surface area contributed by atoms with Crippen molar-refractivity contribution in [3.05, 3.63) is 68.9 Å². The van der Waals surface area contributed by atoms with E-state index >= 15 is 0 Å². The van der Waals surface area contributed by atoms with Gasteiger partial charge in [0, 0.05) is 42.3 Å². The van der Waals surface area contributed by atoms with Crippen molar-refractivity contribution in [1.29, 1.82) is 0 Å². The number of hydrogen-bond acceptors (Lipinski definition) is 6. The molecule has 3 aromatic rings. The zero-order valence-electron chi connectivity index (χ0n) is 20.9. The molecule has 2 amide bonds. The van der Waals surface area contributed by atoms with Gasteiger partial charge in [-0.3, -0.25) is 14.6 Å². The molecule has 200 valence electrons. The minimum atomic E-state index is -1.26. The van der Waals surface area contributed by atoms with Gasteiger partial charge in [0.05, 0.1) is 21.9 Å². The molecule has 0 saturated heterocycles. The molecule has 1 aliphatic heterocycles. The number of nitrogens with zero attached hydrogens (tertiary/aromatic N) is 2. The molecule has 0 aliphatic carbocycles. The number of halogens is 2. The molecule has 0 fully saturated rings. The Balaban J connectivity index is 1.51. The first-order chi connectivity index (χ1) is 18.0. The third kappa shape index (κ3) is 6.01. The largest absolute Gasteiger partial charge is 0.480 e. The summed E-state index contributed by atoms with van der Waals surface area (Å²) >= 11 is 13.1. The molecule has 38 heavy (non-hydrogen) atoms. The van der Waals surface area contributed by atoms with Crippen molar-refractivity contribution in [3.8, 4) is 0 Å². The van der Waals surface area contributed by atoms with Crippen LogP contribution in [0.25, 0.3) is 11.0 Å². The molecule has 0 spiro atoms. The van der Waals surface area contributed by atoms with E-state index in [9.17, 15) is 19.5 Å². The van der Waals surface area contributed by atoms with Crippen LogP contribution in [0.2, 0.25) is 10.0 Å². The van der Waals surface area contributed by atoms with Gasteiger partial charge in [-0.1, -0.05) is 29.3 Å². The van der Waals surface area contributed by atoms with Crippen LogP contribution < -0.4 is 11.1 Å². The predicted octanol–water partition coefficient (Wildman–Crippen LogP) is 4.32. The molecular weight excluding hydrogens is 531 g/mol. The van der Waals surface area contributed by atoms with E-state index in [2.05, 4.69) is 10.3 Å². The standard InChI is InChI=1S/C27H28Cl2N4O5/c1-14(2)31-12-18(30)11-21(27(36)37)32-25(34)23-20(28)9-17-13-33(7-5-19(17)24(23)29)26(35)16-4-3-15-6-8-38-22(15)10-16/h3-4,6,8-10,12,14,18,21H,5,7,11,13,30H2,1-2H3,(H,32,34)(H,36,37)/b31-12+. The maximum atomic E-state index is 13.2. The van der Waals surface area contributed by atoms with Crippen LogP contribution >= 0.6 is 23.2 Å². The molecule has 4 rings (SSSR count). The number of nitrogens with two attached hydrogens (primary N) is 1. The Kier molecular flexibility index (Phi) is 8.40. The summed E-state index contributed by atoms with van der Waals surface area (Å²) in [4.78, 5) is 43.9. The highest BCUT2D eigenvalue weighted by atomic mass is 35.5. The molecule has 0 saturated carbocycles. The first kappa shape index (κ1) is 27.6. The highest BCUT2D eigenvalue weighted by Crippen LogP contribution is 2.35. The molecule has 2 unspecified atom stereocenters. The second-order valence-electron chi connectivity index (χ2n) is 9.49. The molecular formula is C27H28Cl2N4O5. The zero-order valence-corrected chi connectivity index (χ0v) is 22.4. The summed E-state index contributed by atoms with van der Waals surface area (Å²) in [5.74, 6) is -2.11. The van der Waals surface area contributed by atoms with Gasteiger partial charge in [-0.25, -0.2) is 4.79 Å². The molecule has 1 aliphatic rings. The number of hydrogen-bond donors (Lipinski definition) is 3. The lowest BCUT2D eigenvalue weighted by Crippen LogP contribution is -2.45. The minimum absolute atomic E-state index is 0.00852. The van der Waals surface area contributed by atoms with Crippen LogP contribution in [0.1, 0.15) is 52.1 Å². The van der Waals surface area contributed by atoms with Gasteiger partial charge in [-0.15, -0.1) is 0 Å². The number of nitrogens with one attached hydrogen (secondary N) is 1. The molecule has 2 aromatic carbocycles. The van der Waals surface area contributed by atoms with Crippen molar-refractivity contribution in [3.63, 3.8) is 0 Å². The van der Waals surface area contributed by atoms with Gasteiger partial charge in [0.15, 0.2) is 0 Å². The molecule has 9 nitrogen and oxygen atoms in total. The van der Waals surface area contributed by atoms with Crippen molar-refractivity contribution >= 4 is 58.2 Å². The SMILES string of the molecule is CC(C)/N=C/C(N)CC(NC(=O)c1c(Cl)cc2c(c1Cl)CCN(C(=O)c1ccc3ccoc3c1)C2)C(=O)O. The van der Waals surface area contributed by atoms with Crippen molar-refractivity contribution in [2.75, 3.05) is 6.54 Å². The average Bonchev–Trinajstić information content (AvgIpc) is 3.34. The van der Waals surface area contributed by atoms with Gasteiger partial charge in [0.25, 0.3) is 11.8 Å². The Labute approximate surface area is 229 Å². The number of carbonyl (C=O) groups excluding carboxylic acids is 2. The molecule has 2 heterocycles. The second-order valence-corrected chi connectivity index (χ2v) is 10.3. The van der Waals surface area contributed by atoms with E-state index in [4.69, 9.17) is 33.4 Å². The molecule has 4 N–H and O–H groups in total. The van der Waals surface area contributed by atoms with E-state index in [0.29, 0.717) is 29.7 Å². The summed E-state index contributed by atoms with van der Waals surface area (Å²) < 4.78 is 5.41. The fraction of sp³-hybridized carbons (Fsp3) is 0.333. The van der Waals surface area contributed by atoms with Gasteiger partial charge in [0.2, 0.25) is 0 Å². The lowest BCUT2D eigenvalue weighted by atomic mass is 9.95. The summed E-state index contributed by atoms with van der Waals surface area (Å²) in [7, 11) is 0. The highest BCUT2D eigenvalue weighted by molar-refractivity contribution is 6.40. The topological polar surface area (TPSA) is 138 Å². The van der Waals surface area contributed by atoms with E-state index in [0.717, 1.165) is 10.9 Å². The van der Waals surface area contributed by atoms with Crippen LogP contribution in [0.3, 0.4) is 0 Å². The lowest BCUT2D eigenvalue weighted by molar-refractivity contribution is -0.139. The number of carbonyl (C=O) groups is 3. The van der Waals surface area contributed by atoms with Gasteiger partial charge in [-0.2, -0.15) is 0 Å². The third-order valence-electron chi connectivity index (χ3n) is 6.31. The quantitative estimate of drug-likeness (QED) is 0.352. The summed E-state index contributed by atoms with van der Waals surface area (Å²) in [6, 6.07) is 6.80. The Morgan fingerprint density at radius 3 is 2.71 bits per heavy atom. The van der Waals surface area contributed by atoms with Gasteiger partial charge >= 0.3 is 5.97 Å². The number of aliphatic carboxylic acids is 1. The number of benzene rings is 2. The number of fused-ring (bicyclic) bond motifs is 2. The van der Waals surface area contributed by atoms with Crippen molar-refractivity contribution in [1.82, 2.24) is 10.2 Å². The van der Waals surface area contributed by atoms with Crippen molar-refractivity contribution in [2.45, 2.75) is 51.4 Å². The molecule has 2 atom stereocenters. The predicted molar refractivity (Wildman–Crippen MR) is 146 cm³/mol. The first-order valence-corrected chi connectivity index (χ1v) is 12.9. The van der Waals surface area contributed by atoms with Crippen molar-refractivity contribution in [2.24, 2.45) is 10.7 Å². The van der Waals surface area contributed by atoms with Crippen LogP contribution in [-0.2, 0) is 17.8 Å². The Morgan fingerprint density at radius 1 is 1.24 bits per heavy atom. The minimum Gasteiger partial charge on any atom is -0.480 e. The van der Waals surface area contributed by atoms with Crippen LogP contribution in [0.15, 0.2) is 46.0 Å². The highest BCUT2D eigenvalue weighted by Gasteiger charge is 2.30. The van der Waals surface area contributed by atoms with Crippen LogP contribution in [-0.4, -0.2) is 58.7 Å². The second kappa shape index (κ2) is 11.6. The maximum absolute atomic E-state index is 13.2. The number of aliphatic imine (C=N–C) groups is 1. The molecule has 11 heteroatoms. The summed E-state index contributed by atoms with van der Waals surface area (Å²) in [5.41, 5.74) is 8.51. The van der Waals surface area contributed by atoms with Crippen LogP contribution in [0, 0.1) is 0 Å². The monoisotopic (exact) mass is 558 g/mol. The first-order valence-electron chi connectivity index (χ1n) is 12.1. The fourth-order valence-corrected chi connectivity index (χ4v) is 5.14. The van der Waals surface area contributed by atoms with E-state index in [1.807, 2.05) is 26.0 Å². The number of carboxylic acid groups (broad SMARTS) is 1. The third-order valence-corrected chi connectivity index (χ3v) is 7.02. The Morgan fingerprint density at radius 2 is 2.00 bits per heavy atom. The number of rotatable bonds is 8. The average molecular weight is 559 g/mol. The van der Waals surface area contributed by atoms with E-state index in [-0.39, 0.29) is 40.5 Å². The smallest absolute Gasteiger partial charge is 0.326 e. The summed E-state index contributed by atoms with van der Waals surface area (Å²) in [5, 5.41) is 13.2. The Hall–Kier alpha value is -3.40. The van der Waals surface area contributed by atoms with Gasteiger partial charge in [-0.05, 0) is 62.1 Å². The fourth-order valence-electron chi connectivity index (χ4n) is 4.37. The van der Waals surface area contributed by atoms with E-state index < -0.39 is 24.0 Å². The zero-order chi connectivity index (χ0) is 27.6. The van der Waals surface area contributed by atoms with Gasteiger partial charge < -0.3 is 25.5 Å². The molecule has 1 aromatic heterocycles. The number of carboxylic acids is 1. The van der Waals surface area contributed by atoms with Gasteiger partial charge in [0.1, 0.15) is 11.6 Å². The normalized spacial score (nSPS) is 15.1. The van der Waals surface area contributed by atoms with E-state index in [1.54, 1.807) is 29.4 Å². The van der Waals surface area contributed by atoms with E-state index in [1.165, 1.54) is 6.21 Å². The molecule has 0 bridgehead atoms. The number of amides is 2. The number of furan rings is 1. The maximum Gasteiger partial charge on any atom is 0.326 e. The van der Waals surface area contributed by atoms with Crippen molar-refractivity contribution < 1.29 is 23.9 Å². The van der Waals surface area contributed by atoms with Crippen LogP contribution in [0.5, 0.6) is 0 Å². The summed E-state index contributed by atoms with van der Waals surface area (Å²) in [6.07, 6.45) is 3.39. The molecule has 0 radical (unpaired) electrons. The summed E-state index contributed by atoms with van der Waals surface area (Å²) in [6.45, 7) is 4.38. The Bertz CT molecular complexity index is 1420.